The molecule has 0 saturated heterocycles. The van der Waals surface area contributed by atoms with Crippen LogP contribution in [0.2, 0.25) is 0 Å². The third-order valence-corrected chi connectivity index (χ3v) is 17.0. The van der Waals surface area contributed by atoms with Crippen molar-refractivity contribution in [3.05, 3.63) is 151 Å². The van der Waals surface area contributed by atoms with Crippen LogP contribution in [0.15, 0.2) is 129 Å². The number of allylic oxidation sites excluding steroid dienone is 4. The monoisotopic (exact) mass is 640 g/mol. The van der Waals surface area contributed by atoms with Gasteiger partial charge in [-0.2, -0.15) is 0 Å². The van der Waals surface area contributed by atoms with Crippen molar-refractivity contribution in [1.82, 2.24) is 0 Å². The molecule has 40 heavy (non-hydrogen) atoms. The molecule has 0 radical (unpaired) electrons. The zero-order valence-corrected chi connectivity index (χ0v) is 27.5. The van der Waals surface area contributed by atoms with Gasteiger partial charge in [0.25, 0.3) is 0 Å². The topological polar surface area (TPSA) is 0 Å². The van der Waals surface area contributed by atoms with E-state index in [9.17, 15) is 0 Å². The maximum absolute atomic E-state index is 2.66. The molecule has 0 aromatic heterocycles. The molecule has 202 valence electrons. The van der Waals surface area contributed by atoms with Crippen LogP contribution in [-0.2, 0) is 21.3 Å². The summed E-state index contributed by atoms with van der Waals surface area (Å²) >= 11 is -2.66. The summed E-state index contributed by atoms with van der Waals surface area (Å²) in [5, 5.41) is 0. The van der Waals surface area contributed by atoms with E-state index in [1.54, 1.807) is 31.1 Å². The van der Waals surface area contributed by atoms with Crippen molar-refractivity contribution >= 4 is 3.21 Å². The fourth-order valence-electron chi connectivity index (χ4n) is 6.93. The number of benzene rings is 4. The molecule has 0 aliphatic heterocycles. The van der Waals surface area contributed by atoms with Crippen molar-refractivity contribution in [3.63, 3.8) is 0 Å². The fraction of sp³-hybridized carbons (Fsp3) is 0.216. The summed E-state index contributed by atoms with van der Waals surface area (Å²) in [6.07, 6.45) is 4.63. The first-order valence-electron chi connectivity index (χ1n) is 14.2. The summed E-state index contributed by atoms with van der Waals surface area (Å²) in [6.45, 7) is 7.13. The van der Waals surface area contributed by atoms with Gasteiger partial charge >= 0.3 is 237 Å². The van der Waals surface area contributed by atoms with Crippen molar-refractivity contribution in [3.8, 4) is 11.1 Å². The van der Waals surface area contributed by atoms with Gasteiger partial charge in [-0.25, -0.2) is 0 Å². The van der Waals surface area contributed by atoms with Crippen LogP contribution in [0.5, 0.6) is 0 Å². The average molecular weight is 643 g/mol. The van der Waals surface area contributed by atoms with E-state index in [0.717, 1.165) is 19.3 Å². The molecule has 0 atom stereocenters. The largest absolute Gasteiger partial charge is 1.00 e. The minimum Gasteiger partial charge on any atom is -1.00 e. The molecule has 0 heterocycles. The molecule has 0 amide bonds. The van der Waals surface area contributed by atoms with E-state index in [2.05, 4.69) is 130 Å². The van der Waals surface area contributed by atoms with Gasteiger partial charge in [-0.15, -0.1) is 0 Å². The Bertz CT molecular complexity index is 1490. The van der Waals surface area contributed by atoms with E-state index in [1.165, 1.54) is 28.7 Å². The smallest absolute Gasteiger partial charge is 1.00 e. The quantitative estimate of drug-likeness (QED) is 0.288. The van der Waals surface area contributed by atoms with Crippen LogP contribution in [0.3, 0.4) is 0 Å². The van der Waals surface area contributed by atoms with Gasteiger partial charge in [-0.1, -0.05) is 0 Å². The number of rotatable bonds is 7. The summed E-state index contributed by atoms with van der Waals surface area (Å²) < 4.78 is 3.97. The molecule has 0 fully saturated rings. The third-order valence-electron chi connectivity index (χ3n) is 8.52. The van der Waals surface area contributed by atoms with Gasteiger partial charge in [0.1, 0.15) is 0 Å². The summed E-state index contributed by atoms with van der Waals surface area (Å²) in [5.74, 6) is 0. The first-order valence-corrected chi connectivity index (χ1v) is 18.1. The molecule has 0 nitrogen and oxygen atoms in total. The average Bonchev–Trinajstić information content (AvgIpc) is 3.52. The molecular formula is C37H36Cl2Zr. The van der Waals surface area contributed by atoms with Crippen LogP contribution in [0.25, 0.3) is 11.1 Å². The number of halogens is 2. The zero-order valence-electron chi connectivity index (χ0n) is 23.6. The normalized spacial score (nSPS) is 13.7. The Kier molecular flexibility index (Phi) is 10.4. The van der Waals surface area contributed by atoms with Gasteiger partial charge in [-0.3, -0.25) is 0 Å². The zero-order chi connectivity index (χ0) is 26.1. The molecule has 0 N–H and O–H groups in total. The second-order valence-electron chi connectivity index (χ2n) is 10.4. The van der Waals surface area contributed by atoms with Gasteiger partial charge in [0.05, 0.1) is 0 Å². The minimum absolute atomic E-state index is 0. The van der Waals surface area contributed by atoms with Crippen molar-refractivity contribution < 1.29 is 46.1 Å². The Morgan fingerprint density at radius 2 is 1.02 bits per heavy atom. The number of fused-ring (bicyclic) bond motifs is 3. The van der Waals surface area contributed by atoms with Crippen LogP contribution < -0.4 is 24.8 Å². The predicted octanol–water partition coefficient (Wildman–Crippen LogP) is 3.84. The molecule has 4 aromatic carbocycles. The summed E-state index contributed by atoms with van der Waals surface area (Å²) in [5.41, 5.74) is 13.9. The van der Waals surface area contributed by atoms with Crippen LogP contribution in [0.1, 0.15) is 72.3 Å². The molecule has 0 spiro atoms. The molecule has 3 heteroatoms. The number of hydrogen-bond acceptors (Lipinski definition) is 0. The summed E-state index contributed by atoms with van der Waals surface area (Å²) in [4.78, 5) is 0. The Labute approximate surface area is 260 Å². The SMILES string of the molecule is CCC1=C(CC)C(CC)=[C]([Zr+2](=[C](c2ccccc2)c2ccccc2)[CH]2c3ccccc3-c3ccccc32)C1.[Cl-].[Cl-]. The molecule has 0 bridgehead atoms. The maximum Gasteiger partial charge on any atom is -1.00 e. The Hall–Kier alpha value is -2.31. The standard InChI is InChI=1S/C13H9.C13H10.C11H17.2ClH.Zr/c1-3-7-12-10(5-1)9-11-6-2-4-8-13(11)12;1-3-7-12(8-4-1)11-13-9-5-2-6-10-13;1-4-9-7-8-10(5-2)11(9)6-3;;;/h1-9H;1-10H;4-7H2,1-3H3;2*1H;/q;;;;;+2/p-2. The van der Waals surface area contributed by atoms with Crippen molar-refractivity contribution in [2.75, 3.05) is 0 Å². The van der Waals surface area contributed by atoms with Crippen LogP contribution in [0.4, 0.5) is 0 Å². The molecule has 0 unspecified atom stereocenters. The minimum atomic E-state index is -2.66. The van der Waals surface area contributed by atoms with Crippen LogP contribution >= 0.6 is 0 Å². The second kappa shape index (κ2) is 13.6. The molecular weight excluding hydrogens is 607 g/mol. The Morgan fingerprint density at radius 3 is 1.48 bits per heavy atom. The third kappa shape index (κ3) is 5.34. The molecule has 6 rings (SSSR count). The van der Waals surface area contributed by atoms with Gasteiger partial charge in [-0.05, 0) is 0 Å². The Balaban J connectivity index is 0.00000185. The first kappa shape index (κ1) is 30.6. The molecule has 0 saturated carbocycles. The predicted molar refractivity (Wildman–Crippen MR) is 159 cm³/mol. The second-order valence-corrected chi connectivity index (χ2v) is 16.6. The molecule has 4 aromatic rings. The van der Waals surface area contributed by atoms with Crippen LogP contribution in [0, 0.1) is 0 Å². The van der Waals surface area contributed by atoms with Gasteiger partial charge in [0.15, 0.2) is 0 Å². The Morgan fingerprint density at radius 1 is 0.575 bits per heavy atom. The summed E-state index contributed by atoms with van der Waals surface area (Å²) in [6, 6.07) is 41.3. The van der Waals surface area contributed by atoms with E-state index in [-0.39, 0.29) is 24.8 Å². The van der Waals surface area contributed by atoms with E-state index in [0.29, 0.717) is 3.63 Å². The van der Waals surface area contributed by atoms with Crippen molar-refractivity contribution in [2.24, 2.45) is 0 Å². The van der Waals surface area contributed by atoms with Crippen molar-refractivity contribution in [2.45, 2.75) is 50.1 Å². The summed E-state index contributed by atoms with van der Waals surface area (Å²) in [7, 11) is 0. The van der Waals surface area contributed by atoms with Crippen LogP contribution in [-0.4, -0.2) is 3.21 Å². The van der Waals surface area contributed by atoms with E-state index < -0.39 is 21.3 Å². The molecule has 2 aliphatic rings. The molecule has 2 aliphatic carbocycles. The van der Waals surface area contributed by atoms with Gasteiger partial charge in [0, 0.05) is 0 Å². The number of hydrogen-bond donors (Lipinski definition) is 0. The van der Waals surface area contributed by atoms with Gasteiger partial charge < -0.3 is 24.8 Å². The maximum atomic E-state index is 2.43. The van der Waals surface area contributed by atoms with E-state index >= 15 is 0 Å². The van der Waals surface area contributed by atoms with E-state index in [1.807, 2.05) is 3.28 Å². The van der Waals surface area contributed by atoms with Crippen molar-refractivity contribution in [1.29, 1.82) is 0 Å². The van der Waals surface area contributed by atoms with E-state index in [4.69, 9.17) is 0 Å². The fourth-order valence-corrected chi connectivity index (χ4v) is 17.0. The van der Waals surface area contributed by atoms with Gasteiger partial charge in [0.2, 0.25) is 0 Å². The first-order chi connectivity index (χ1) is 18.8.